The van der Waals surface area contributed by atoms with Crippen LogP contribution in [0.3, 0.4) is 0 Å². The number of ether oxygens (including phenoxy) is 1. The number of hydrogen-bond acceptors (Lipinski definition) is 5. The molecule has 0 spiro atoms. The molecule has 0 radical (unpaired) electrons. The molecule has 1 atom stereocenters. The van der Waals surface area contributed by atoms with Gasteiger partial charge in [0.25, 0.3) is 0 Å². The van der Waals surface area contributed by atoms with Crippen LogP contribution in [-0.4, -0.2) is 61.1 Å². The van der Waals surface area contributed by atoms with Crippen molar-refractivity contribution in [3.8, 4) is 0 Å². The Labute approximate surface area is 126 Å². The fourth-order valence-electron chi connectivity index (χ4n) is 2.74. The molecule has 5 nitrogen and oxygen atoms in total. The quantitative estimate of drug-likeness (QED) is 0.782. The number of carbonyl (C=O) groups excluding carboxylic acids is 1. The molecule has 1 aromatic carbocycles. The van der Waals surface area contributed by atoms with Gasteiger partial charge in [-0.1, -0.05) is 30.3 Å². The first-order valence-corrected chi connectivity index (χ1v) is 7.59. The molecule has 1 saturated heterocycles. The van der Waals surface area contributed by atoms with Gasteiger partial charge in [0.05, 0.1) is 13.2 Å². The van der Waals surface area contributed by atoms with Crippen molar-refractivity contribution in [1.29, 1.82) is 0 Å². The summed E-state index contributed by atoms with van der Waals surface area (Å²) in [7, 11) is 0. The van der Waals surface area contributed by atoms with Crippen molar-refractivity contribution in [2.24, 2.45) is 5.73 Å². The zero-order valence-electron chi connectivity index (χ0n) is 12.7. The second-order valence-corrected chi connectivity index (χ2v) is 5.39. The third-order valence-corrected chi connectivity index (χ3v) is 3.85. The lowest BCUT2D eigenvalue weighted by Crippen LogP contribution is -2.56. The van der Waals surface area contributed by atoms with E-state index in [1.54, 1.807) is 0 Å². The SMILES string of the molecule is CCOC(=O)CN1CCN(Cc2ccccc2)[C@@H](CN)C1. The van der Waals surface area contributed by atoms with Crippen LogP contribution in [0, 0.1) is 0 Å². The molecule has 1 aliphatic heterocycles. The average molecular weight is 291 g/mol. The summed E-state index contributed by atoms with van der Waals surface area (Å²) in [6, 6.07) is 10.7. The Kier molecular flexibility index (Phi) is 6.17. The van der Waals surface area contributed by atoms with Crippen molar-refractivity contribution < 1.29 is 9.53 Å². The number of benzene rings is 1. The van der Waals surface area contributed by atoms with E-state index in [2.05, 4.69) is 34.1 Å². The zero-order chi connectivity index (χ0) is 15.1. The lowest BCUT2D eigenvalue weighted by Gasteiger charge is -2.40. The maximum Gasteiger partial charge on any atom is 0.320 e. The predicted molar refractivity (Wildman–Crippen MR) is 82.8 cm³/mol. The minimum atomic E-state index is -0.148. The Morgan fingerprint density at radius 3 is 2.76 bits per heavy atom. The second kappa shape index (κ2) is 8.12. The Balaban J connectivity index is 1.88. The number of nitrogens with zero attached hydrogens (tertiary/aromatic N) is 2. The van der Waals surface area contributed by atoms with Gasteiger partial charge in [0.2, 0.25) is 0 Å². The predicted octanol–water partition coefficient (Wildman–Crippen LogP) is 0.695. The molecule has 0 amide bonds. The summed E-state index contributed by atoms with van der Waals surface area (Å²) in [6.07, 6.45) is 0. The largest absolute Gasteiger partial charge is 0.465 e. The van der Waals surface area contributed by atoms with Gasteiger partial charge < -0.3 is 10.5 Å². The van der Waals surface area contributed by atoms with E-state index in [0.717, 1.165) is 26.2 Å². The van der Waals surface area contributed by atoms with Crippen LogP contribution in [0.4, 0.5) is 0 Å². The second-order valence-electron chi connectivity index (χ2n) is 5.39. The van der Waals surface area contributed by atoms with Crippen molar-refractivity contribution in [2.45, 2.75) is 19.5 Å². The van der Waals surface area contributed by atoms with E-state index < -0.39 is 0 Å². The van der Waals surface area contributed by atoms with Gasteiger partial charge in [0, 0.05) is 38.8 Å². The van der Waals surface area contributed by atoms with Crippen LogP contribution in [0.25, 0.3) is 0 Å². The maximum absolute atomic E-state index is 11.6. The molecule has 2 N–H and O–H groups in total. The van der Waals surface area contributed by atoms with Crippen LogP contribution >= 0.6 is 0 Å². The van der Waals surface area contributed by atoms with Crippen LogP contribution in [0.2, 0.25) is 0 Å². The van der Waals surface area contributed by atoms with Gasteiger partial charge in [-0.25, -0.2) is 0 Å². The normalized spacial score (nSPS) is 20.4. The first kappa shape index (κ1) is 15.9. The number of piperazine rings is 1. The van der Waals surface area contributed by atoms with E-state index in [-0.39, 0.29) is 12.0 Å². The van der Waals surface area contributed by atoms with Crippen molar-refractivity contribution in [2.75, 3.05) is 39.3 Å². The Morgan fingerprint density at radius 1 is 1.33 bits per heavy atom. The van der Waals surface area contributed by atoms with Gasteiger partial charge in [-0.3, -0.25) is 14.6 Å². The van der Waals surface area contributed by atoms with E-state index in [4.69, 9.17) is 10.5 Å². The summed E-state index contributed by atoms with van der Waals surface area (Å²) in [5, 5.41) is 0. The summed E-state index contributed by atoms with van der Waals surface area (Å²) in [5.41, 5.74) is 7.22. The van der Waals surface area contributed by atoms with Crippen LogP contribution in [0.15, 0.2) is 30.3 Å². The molecule has 5 heteroatoms. The topological polar surface area (TPSA) is 58.8 Å². The molecule has 1 aromatic rings. The highest BCUT2D eigenvalue weighted by atomic mass is 16.5. The summed E-state index contributed by atoms with van der Waals surface area (Å²) >= 11 is 0. The molecular weight excluding hydrogens is 266 g/mol. The molecule has 0 aromatic heterocycles. The highest BCUT2D eigenvalue weighted by Gasteiger charge is 2.27. The fraction of sp³-hybridized carbons (Fsp3) is 0.562. The number of esters is 1. The molecule has 0 saturated carbocycles. The van der Waals surface area contributed by atoms with Gasteiger partial charge >= 0.3 is 5.97 Å². The van der Waals surface area contributed by atoms with Crippen LogP contribution in [0.1, 0.15) is 12.5 Å². The van der Waals surface area contributed by atoms with E-state index in [1.807, 2.05) is 13.0 Å². The monoisotopic (exact) mass is 291 g/mol. The molecule has 2 rings (SSSR count). The van der Waals surface area contributed by atoms with Crippen molar-refractivity contribution >= 4 is 5.97 Å². The lowest BCUT2D eigenvalue weighted by molar-refractivity contribution is -0.145. The molecular formula is C16H25N3O2. The van der Waals surface area contributed by atoms with Gasteiger partial charge in [-0.05, 0) is 12.5 Å². The molecule has 1 fully saturated rings. The molecule has 1 heterocycles. The molecule has 21 heavy (non-hydrogen) atoms. The van der Waals surface area contributed by atoms with Gasteiger partial charge in [-0.2, -0.15) is 0 Å². The zero-order valence-corrected chi connectivity index (χ0v) is 12.7. The van der Waals surface area contributed by atoms with Gasteiger partial charge in [0.15, 0.2) is 0 Å². The number of carbonyl (C=O) groups is 1. The lowest BCUT2D eigenvalue weighted by atomic mass is 10.1. The molecule has 1 aliphatic rings. The van der Waals surface area contributed by atoms with Crippen molar-refractivity contribution in [1.82, 2.24) is 9.80 Å². The Morgan fingerprint density at radius 2 is 2.10 bits per heavy atom. The van der Waals surface area contributed by atoms with Crippen molar-refractivity contribution in [3.05, 3.63) is 35.9 Å². The summed E-state index contributed by atoms with van der Waals surface area (Å²) in [4.78, 5) is 16.1. The average Bonchev–Trinajstić information content (AvgIpc) is 2.50. The highest BCUT2D eigenvalue weighted by molar-refractivity contribution is 5.71. The Hall–Kier alpha value is -1.43. The summed E-state index contributed by atoms with van der Waals surface area (Å²) in [6.45, 7) is 6.78. The van der Waals surface area contributed by atoms with Crippen LogP contribution < -0.4 is 5.73 Å². The maximum atomic E-state index is 11.6. The number of rotatable bonds is 6. The summed E-state index contributed by atoms with van der Waals surface area (Å²) < 4.78 is 5.01. The minimum absolute atomic E-state index is 0.148. The highest BCUT2D eigenvalue weighted by Crippen LogP contribution is 2.13. The van der Waals surface area contributed by atoms with Crippen LogP contribution in [-0.2, 0) is 16.1 Å². The minimum Gasteiger partial charge on any atom is -0.465 e. The van der Waals surface area contributed by atoms with E-state index in [0.29, 0.717) is 19.7 Å². The standard InChI is InChI=1S/C16H25N3O2/c1-2-21-16(20)13-18-8-9-19(15(10-17)12-18)11-14-6-4-3-5-7-14/h3-7,15H,2,8-13,17H2,1H3/t15-/m0/s1. The third-order valence-electron chi connectivity index (χ3n) is 3.85. The smallest absolute Gasteiger partial charge is 0.320 e. The Bertz CT molecular complexity index is 438. The summed E-state index contributed by atoms with van der Waals surface area (Å²) in [5.74, 6) is -0.148. The number of hydrogen-bond donors (Lipinski definition) is 1. The number of nitrogens with two attached hydrogens (primary N) is 1. The van der Waals surface area contributed by atoms with E-state index in [1.165, 1.54) is 5.56 Å². The van der Waals surface area contributed by atoms with Crippen LogP contribution in [0.5, 0.6) is 0 Å². The first-order chi connectivity index (χ1) is 10.2. The molecule has 116 valence electrons. The van der Waals surface area contributed by atoms with Crippen molar-refractivity contribution in [3.63, 3.8) is 0 Å². The van der Waals surface area contributed by atoms with Gasteiger partial charge in [-0.15, -0.1) is 0 Å². The van der Waals surface area contributed by atoms with E-state index >= 15 is 0 Å². The third kappa shape index (κ3) is 4.81. The van der Waals surface area contributed by atoms with Gasteiger partial charge in [0.1, 0.15) is 0 Å². The molecule has 0 aliphatic carbocycles. The fourth-order valence-corrected chi connectivity index (χ4v) is 2.74. The molecule has 0 bridgehead atoms. The van der Waals surface area contributed by atoms with E-state index in [9.17, 15) is 4.79 Å². The first-order valence-electron chi connectivity index (χ1n) is 7.59. The molecule has 0 unspecified atom stereocenters.